The van der Waals surface area contributed by atoms with Gasteiger partial charge in [-0.2, -0.15) is 5.26 Å². The fourth-order valence-corrected chi connectivity index (χ4v) is 4.42. The van der Waals surface area contributed by atoms with Crippen LogP contribution in [0.2, 0.25) is 0 Å². The highest BCUT2D eigenvalue weighted by Gasteiger charge is 2.18. The zero-order chi connectivity index (χ0) is 21.8. The van der Waals surface area contributed by atoms with E-state index in [1.165, 1.54) is 16.7 Å². The number of carbonyl (C=O) groups is 1. The summed E-state index contributed by atoms with van der Waals surface area (Å²) in [6.07, 6.45) is 0. The van der Waals surface area contributed by atoms with Crippen molar-refractivity contribution in [2.24, 2.45) is 0 Å². The van der Waals surface area contributed by atoms with Crippen molar-refractivity contribution in [1.29, 1.82) is 5.26 Å². The van der Waals surface area contributed by atoms with E-state index in [1.54, 1.807) is 16.7 Å². The molecule has 1 aromatic heterocycles. The van der Waals surface area contributed by atoms with E-state index in [0.717, 1.165) is 10.8 Å². The number of amides is 1. The molecule has 0 bridgehead atoms. The number of benzene rings is 3. The fraction of sp³-hybridized carbons (Fsp3) is 0.167. The Balaban J connectivity index is 1.67. The molecule has 0 saturated carbocycles. The summed E-state index contributed by atoms with van der Waals surface area (Å²) in [5, 5.41) is 12.2. The average Bonchev–Trinajstić information content (AvgIpc) is 2.80. The molecule has 6 nitrogen and oxygen atoms in total. The zero-order valence-electron chi connectivity index (χ0n) is 17.0. The minimum atomic E-state index is -0.215. The molecule has 0 radical (unpaired) electrons. The molecule has 0 atom stereocenters. The van der Waals surface area contributed by atoms with E-state index in [2.05, 4.69) is 0 Å². The highest BCUT2D eigenvalue weighted by Crippen LogP contribution is 2.23. The van der Waals surface area contributed by atoms with E-state index >= 15 is 0 Å². The van der Waals surface area contributed by atoms with Crippen LogP contribution in [-0.2, 0) is 11.3 Å². The Kier molecular flexibility index (Phi) is 6.01. The van der Waals surface area contributed by atoms with Crippen LogP contribution in [0.5, 0.6) is 0 Å². The lowest BCUT2D eigenvalue weighted by Crippen LogP contribution is -2.33. The molecule has 1 amide bonds. The van der Waals surface area contributed by atoms with Gasteiger partial charge in [-0.05, 0) is 42.0 Å². The number of para-hydroxylation sites is 1. The summed E-state index contributed by atoms with van der Waals surface area (Å²) < 4.78 is 1.59. The summed E-state index contributed by atoms with van der Waals surface area (Å²) in [7, 11) is 0. The molecule has 3 aromatic carbocycles. The third kappa shape index (κ3) is 4.16. The van der Waals surface area contributed by atoms with Gasteiger partial charge in [-0.15, -0.1) is 0 Å². The standard InChI is InChI=1S/C24H20N4O2S/c1-2-27-23(30)20-14-17-8-6-7-9-18(17)15-21(20)26-24(27)31-16-22(29)28(13-12-25)19-10-4-3-5-11-19/h3-11,14-15H,2,13,16H2,1H3. The lowest BCUT2D eigenvalue weighted by atomic mass is 10.1. The van der Waals surface area contributed by atoms with Crippen molar-refractivity contribution in [3.63, 3.8) is 0 Å². The van der Waals surface area contributed by atoms with Crippen LogP contribution in [0.3, 0.4) is 0 Å². The Labute approximate surface area is 183 Å². The van der Waals surface area contributed by atoms with Crippen LogP contribution < -0.4 is 10.5 Å². The highest BCUT2D eigenvalue weighted by molar-refractivity contribution is 7.99. The maximum atomic E-state index is 13.1. The van der Waals surface area contributed by atoms with Gasteiger partial charge in [0.15, 0.2) is 5.16 Å². The molecule has 0 aliphatic carbocycles. The van der Waals surface area contributed by atoms with Crippen molar-refractivity contribution in [3.8, 4) is 6.07 Å². The number of carbonyl (C=O) groups excluding carboxylic acids is 1. The summed E-state index contributed by atoms with van der Waals surface area (Å²) >= 11 is 1.21. The minimum absolute atomic E-state index is 0.0405. The van der Waals surface area contributed by atoms with Gasteiger partial charge < -0.3 is 0 Å². The maximum Gasteiger partial charge on any atom is 0.262 e. The lowest BCUT2D eigenvalue weighted by Gasteiger charge is -2.20. The fourth-order valence-electron chi connectivity index (χ4n) is 3.48. The minimum Gasteiger partial charge on any atom is -0.298 e. The molecular weight excluding hydrogens is 408 g/mol. The smallest absolute Gasteiger partial charge is 0.262 e. The predicted molar refractivity (Wildman–Crippen MR) is 124 cm³/mol. The van der Waals surface area contributed by atoms with Gasteiger partial charge in [0.25, 0.3) is 5.56 Å². The number of anilines is 1. The second-order valence-corrected chi connectivity index (χ2v) is 7.87. The molecule has 1 heterocycles. The Morgan fingerprint density at radius 2 is 1.77 bits per heavy atom. The van der Waals surface area contributed by atoms with E-state index in [-0.39, 0.29) is 23.8 Å². The van der Waals surface area contributed by atoms with Gasteiger partial charge >= 0.3 is 0 Å². The second-order valence-electron chi connectivity index (χ2n) is 6.92. The summed E-state index contributed by atoms with van der Waals surface area (Å²) in [4.78, 5) is 32.1. The van der Waals surface area contributed by atoms with Crippen molar-refractivity contribution in [3.05, 3.63) is 77.1 Å². The number of fused-ring (bicyclic) bond motifs is 2. The van der Waals surface area contributed by atoms with E-state index < -0.39 is 0 Å². The number of rotatable bonds is 6. The summed E-state index contributed by atoms with van der Waals surface area (Å²) in [6, 6.07) is 22.8. The number of thioether (sulfide) groups is 1. The van der Waals surface area contributed by atoms with Gasteiger partial charge in [0.2, 0.25) is 5.91 Å². The summed E-state index contributed by atoms with van der Waals surface area (Å²) in [6.45, 7) is 2.29. The Morgan fingerprint density at radius 1 is 1.10 bits per heavy atom. The van der Waals surface area contributed by atoms with E-state index in [0.29, 0.717) is 28.3 Å². The number of nitriles is 1. The van der Waals surface area contributed by atoms with Crippen molar-refractivity contribution in [2.75, 3.05) is 17.2 Å². The van der Waals surface area contributed by atoms with Crippen LogP contribution in [-0.4, -0.2) is 27.8 Å². The summed E-state index contributed by atoms with van der Waals surface area (Å²) in [5.41, 5.74) is 1.16. The predicted octanol–water partition coefficient (Wildman–Crippen LogP) is 4.22. The first kappa shape index (κ1) is 20.6. The molecular formula is C24H20N4O2S. The van der Waals surface area contributed by atoms with Crippen molar-refractivity contribution >= 4 is 45.0 Å². The first-order valence-electron chi connectivity index (χ1n) is 9.91. The molecule has 4 aromatic rings. The van der Waals surface area contributed by atoms with Crippen molar-refractivity contribution < 1.29 is 4.79 Å². The Morgan fingerprint density at radius 3 is 2.45 bits per heavy atom. The highest BCUT2D eigenvalue weighted by atomic mass is 32.2. The van der Waals surface area contributed by atoms with Gasteiger partial charge in [-0.3, -0.25) is 19.1 Å². The van der Waals surface area contributed by atoms with Crippen molar-refractivity contribution in [1.82, 2.24) is 9.55 Å². The lowest BCUT2D eigenvalue weighted by molar-refractivity contribution is -0.116. The first-order valence-corrected chi connectivity index (χ1v) is 10.9. The summed E-state index contributed by atoms with van der Waals surface area (Å²) in [5.74, 6) is -0.143. The third-order valence-electron chi connectivity index (χ3n) is 5.03. The largest absolute Gasteiger partial charge is 0.298 e. The second kappa shape index (κ2) is 9.02. The molecule has 7 heteroatoms. The number of hydrogen-bond donors (Lipinski definition) is 0. The topological polar surface area (TPSA) is 79.0 Å². The molecule has 0 spiro atoms. The molecule has 0 aliphatic heterocycles. The van der Waals surface area contributed by atoms with Gasteiger partial charge in [-0.1, -0.05) is 54.2 Å². The van der Waals surface area contributed by atoms with Crippen LogP contribution in [0.25, 0.3) is 21.7 Å². The van der Waals surface area contributed by atoms with Crippen molar-refractivity contribution in [2.45, 2.75) is 18.6 Å². The number of hydrogen-bond acceptors (Lipinski definition) is 5. The van der Waals surface area contributed by atoms with Crippen LogP contribution in [0.1, 0.15) is 6.92 Å². The quantitative estimate of drug-likeness (QED) is 0.199. The molecule has 31 heavy (non-hydrogen) atoms. The first-order chi connectivity index (χ1) is 15.1. The van der Waals surface area contributed by atoms with Crippen LogP contribution in [0.15, 0.2) is 76.7 Å². The molecule has 0 unspecified atom stereocenters. The third-order valence-corrected chi connectivity index (χ3v) is 5.99. The van der Waals surface area contributed by atoms with Gasteiger partial charge in [0.05, 0.1) is 22.7 Å². The molecule has 4 rings (SSSR count). The zero-order valence-corrected chi connectivity index (χ0v) is 17.8. The van der Waals surface area contributed by atoms with E-state index in [9.17, 15) is 9.59 Å². The van der Waals surface area contributed by atoms with Crippen LogP contribution in [0, 0.1) is 11.3 Å². The van der Waals surface area contributed by atoms with Gasteiger partial charge in [0, 0.05) is 12.2 Å². The van der Waals surface area contributed by atoms with E-state index in [1.807, 2.05) is 67.6 Å². The van der Waals surface area contributed by atoms with Gasteiger partial charge in [-0.25, -0.2) is 4.98 Å². The Hall–Kier alpha value is -3.63. The normalized spacial score (nSPS) is 10.8. The Bertz CT molecular complexity index is 1360. The molecule has 0 N–H and O–H groups in total. The number of nitrogens with zero attached hydrogens (tertiary/aromatic N) is 4. The molecule has 0 aliphatic rings. The molecule has 154 valence electrons. The monoisotopic (exact) mass is 428 g/mol. The van der Waals surface area contributed by atoms with Crippen LogP contribution >= 0.6 is 11.8 Å². The molecule has 0 saturated heterocycles. The average molecular weight is 429 g/mol. The van der Waals surface area contributed by atoms with E-state index in [4.69, 9.17) is 10.2 Å². The molecule has 0 fully saturated rings. The van der Waals surface area contributed by atoms with Gasteiger partial charge in [0.1, 0.15) is 6.54 Å². The number of aromatic nitrogens is 2. The maximum absolute atomic E-state index is 13.1. The SMILES string of the molecule is CCn1c(SCC(=O)N(CC#N)c2ccccc2)nc2cc3ccccc3cc2c1=O. The van der Waals surface area contributed by atoms with Crippen LogP contribution in [0.4, 0.5) is 5.69 Å².